The standard InChI is InChI=1S/C21H15F3N4O2.C4H9O.K/c22-21(23,24)13-3-1-4-15(9-13)28-16-5-2-6-17(29)18(16)19(27-20(28)30)12-7-8-14(10-25)26-11-12;1-4(2,3)5;/h1,3-4,7-9,11,19H,2,5-6H2,(H,27,30);1-3H3;/q;-1;+1. The number of nitrogens with zero attached hydrogens (tertiary/aromatic N) is 3. The number of halogens is 3. The zero-order valence-electron chi connectivity index (χ0n) is 20.4. The Morgan fingerprint density at radius 2 is 1.81 bits per heavy atom. The Balaban J connectivity index is 0.000000694. The molecule has 1 aromatic heterocycles. The minimum absolute atomic E-state index is 0. The zero-order chi connectivity index (χ0) is 26.0. The molecule has 0 saturated heterocycles. The molecule has 1 unspecified atom stereocenters. The van der Waals surface area contributed by atoms with Crippen LogP contribution in [0.1, 0.15) is 62.9 Å². The van der Waals surface area contributed by atoms with Crippen LogP contribution in [0.3, 0.4) is 0 Å². The largest absolute Gasteiger partial charge is 1.00 e. The summed E-state index contributed by atoms with van der Waals surface area (Å²) in [6.45, 7) is 4.90. The summed E-state index contributed by atoms with van der Waals surface area (Å²) in [5.41, 5.74) is -0.144. The second-order valence-electron chi connectivity index (χ2n) is 9.10. The molecule has 2 heterocycles. The molecule has 0 bridgehead atoms. The van der Waals surface area contributed by atoms with E-state index in [4.69, 9.17) is 5.26 Å². The predicted octanol–water partition coefficient (Wildman–Crippen LogP) is 1.40. The van der Waals surface area contributed by atoms with Gasteiger partial charge in [0.1, 0.15) is 11.8 Å². The summed E-state index contributed by atoms with van der Waals surface area (Å²) in [5.74, 6) is -0.178. The number of nitrogens with one attached hydrogen (secondary N) is 1. The molecular weight excluding hydrogens is 500 g/mol. The number of ketones is 1. The normalized spacial score (nSPS) is 17.7. The number of carbonyl (C=O) groups excluding carboxylic acids is 2. The van der Waals surface area contributed by atoms with Crippen LogP contribution in [0.15, 0.2) is 53.9 Å². The summed E-state index contributed by atoms with van der Waals surface area (Å²) in [5, 5.41) is 21.7. The molecule has 1 aliphatic carbocycles. The van der Waals surface area contributed by atoms with Crippen molar-refractivity contribution in [3.63, 3.8) is 0 Å². The summed E-state index contributed by atoms with van der Waals surface area (Å²) in [6, 6.07) is 8.04. The van der Waals surface area contributed by atoms with Crippen LogP contribution in [0, 0.1) is 11.3 Å². The minimum atomic E-state index is -4.56. The van der Waals surface area contributed by atoms with Gasteiger partial charge in [0.15, 0.2) is 5.78 Å². The number of hydrogen-bond donors (Lipinski definition) is 1. The van der Waals surface area contributed by atoms with E-state index in [-0.39, 0.29) is 75.0 Å². The van der Waals surface area contributed by atoms with E-state index >= 15 is 0 Å². The number of amides is 2. The van der Waals surface area contributed by atoms with Crippen LogP contribution in [-0.4, -0.2) is 22.4 Å². The Labute approximate surface area is 249 Å². The minimum Gasteiger partial charge on any atom is -0.850 e. The topological polar surface area (TPSA) is 109 Å². The second kappa shape index (κ2) is 12.0. The van der Waals surface area contributed by atoms with Crippen molar-refractivity contribution < 1.29 is 79.3 Å². The maximum atomic E-state index is 13.2. The molecule has 1 atom stereocenters. The van der Waals surface area contributed by atoms with Gasteiger partial charge in [0.05, 0.1) is 17.3 Å². The first-order valence-corrected chi connectivity index (χ1v) is 10.9. The molecule has 4 rings (SSSR count). The summed E-state index contributed by atoms with van der Waals surface area (Å²) in [4.78, 5) is 30.8. The molecule has 11 heteroatoms. The van der Waals surface area contributed by atoms with E-state index in [0.29, 0.717) is 29.7 Å². The summed E-state index contributed by atoms with van der Waals surface area (Å²) in [6.07, 6.45) is -1.98. The van der Waals surface area contributed by atoms with Crippen molar-refractivity contribution in [1.29, 1.82) is 5.26 Å². The average Bonchev–Trinajstić information content (AvgIpc) is 2.77. The van der Waals surface area contributed by atoms with Gasteiger partial charge in [-0.25, -0.2) is 9.78 Å². The van der Waals surface area contributed by atoms with Crippen LogP contribution in [0.4, 0.5) is 23.7 Å². The van der Waals surface area contributed by atoms with Crippen LogP contribution in [-0.2, 0) is 11.0 Å². The monoisotopic (exact) mass is 524 g/mol. The number of carbonyl (C=O) groups is 2. The Hall–Kier alpha value is -2.07. The molecule has 7 nitrogen and oxygen atoms in total. The van der Waals surface area contributed by atoms with Gasteiger partial charge in [-0.2, -0.15) is 18.4 Å². The fourth-order valence-electron chi connectivity index (χ4n) is 3.78. The van der Waals surface area contributed by atoms with Crippen molar-refractivity contribution in [3.05, 3.63) is 70.7 Å². The number of pyridine rings is 1. The summed E-state index contributed by atoms with van der Waals surface area (Å²) in [7, 11) is 0. The summed E-state index contributed by atoms with van der Waals surface area (Å²) >= 11 is 0. The molecule has 1 aromatic carbocycles. The molecule has 0 spiro atoms. The Bertz CT molecular complexity index is 1190. The number of hydrogen-bond acceptors (Lipinski definition) is 5. The fraction of sp³-hybridized carbons (Fsp3) is 0.360. The van der Waals surface area contributed by atoms with Gasteiger partial charge in [-0.1, -0.05) is 32.9 Å². The molecule has 2 aromatic rings. The Kier molecular flexibility index (Phi) is 10.0. The van der Waals surface area contributed by atoms with E-state index < -0.39 is 29.4 Å². The SMILES string of the molecule is CC(C)(C)[O-].N#Cc1ccc(C2NC(=O)N(c3cccc(C(F)(F)F)c3)C3=C2C(=O)CCC3)cn1.[K+]. The smallest absolute Gasteiger partial charge is 0.850 e. The van der Waals surface area contributed by atoms with Crippen LogP contribution in [0.25, 0.3) is 0 Å². The van der Waals surface area contributed by atoms with E-state index in [0.717, 1.165) is 17.0 Å². The maximum Gasteiger partial charge on any atom is 1.00 e. The molecule has 0 radical (unpaired) electrons. The Morgan fingerprint density at radius 3 is 2.36 bits per heavy atom. The van der Waals surface area contributed by atoms with Crippen molar-refractivity contribution in [1.82, 2.24) is 10.3 Å². The number of urea groups is 1. The number of rotatable bonds is 2. The van der Waals surface area contributed by atoms with Gasteiger partial charge in [0.2, 0.25) is 0 Å². The van der Waals surface area contributed by atoms with Gasteiger partial charge in [-0.15, -0.1) is 5.60 Å². The molecule has 1 aliphatic heterocycles. The van der Waals surface area contributed by atoms with Crippen molar-refractivity contribution in [2.75, 3.05) is 4.90 Å². The van der Waals surface area contributed by atoms with E-state index in [2.05, 4.69) is 10.3 Å². The Morgan fingerprint density at radius 1 is 1.14 bits per heavy atom. The molecule has 2 amide bonds. The second-order valence-corrected chi connectivity index (χ2v) is 9.10. The zero-order valence-corrected chi connectivity index (χ0v) is 23.6. The first kappa shape index (κ1) is 30.2. The number of allylic oxidation sites excluding steroid dienone is 1. The molecule has 184 valence electrons. The van der Waals surface area contributed by atoms with Gasteiger partial charge in [-0.3, -0.25) is 9.69 Å². The van der Waals surface area contributed by atoms with Gasteiger partial charge in [0.25, 0.3) is 0 Å². The molecule has 0 fully saturated rings. The van der Waals surface area contributed by atoms with Gasteiger partial charge < -0.3 is 10.4 Å². The number of Topliss-reactive ketones (excluding diaryl/α,β-unsaturated/α-hetero) is 1. The van der Waals surface area contributed by atoms with Crippen LogP contribution < -0.4 is 66.7 Å². The number of benzene rings is 1. The van der Waals surface area contributed by atoms with E-state index in [1.165, 1.54) is 24.4 Å². The molecule has 36 heavy (non-hydrogen) atoms. The fourth-order valence-corrected chi connectivity index (χ4v) is 3.78. The third-order valence-electron chi connectivity index (χ3n) is 5.12. The number of aromatic nitrogens is 1. The first-order valence-electron chi connectivity index (χ1n) is 10.9. The average molecular weight is 525 g/mol. The first-order chi connectivity index (χ1) is 16.3. The number of anilines is 1. The van der Waals surface area contributed by atoms with E-state index in [1.54, 1.807) is 26.8 Å². The van der Waals surface area contributed by atoms with Gasteiger partial charge in [-0.05, 0) is 42.7 Å². The third-order valence-corrected chi connectivity index (χ3v) is 5.12. The van der Waals surface area contributed by atoms with Crippen molar-refractivity contribution in [2.45, 2.75) is 57.9 Å². The maximum absolute atomic E-state index is 13.2. The molecule has 2 aliphatic rings. The summed E-state index contributed by atoms with van der Waals surface area (Å²) < 4.78 is 39.5. The van der Waals surface area contributed by atoms with Crippen LogP contribution in [0.5, 0.6) is 0 Å². The van der Waals surface area contributed by atoms with Gasteiger partial charge >= 0.3 is 63.6 Å². The third kappa shape index (κ3) is 7.47. The molecule has 1 N–H and O–H groups in total. The predicted molar refractivity (Wildman–Crippen MR) is 120 cm³/mol. The molecular formula is C25H24F3KN4O3. The van der Waals surface area contributed by atoms with E-state index in [9.17, 15) is 27.9 Å². The quantitative estimate of drug-likeness (QED) is 0.598. The van der Waals surface area contributed by atoms with Crippen LogP contribution >= 0.6 is 0 Å². The van der Waals surface area contributed by atoms with Crippen molar-refractivity contribution >= 4 is 17.5 Å². The van der Waals surface area contributed by atoms with Crippen molar-refractivity contribution in [2.24, 2.45) is 0 Å². The number of nitriles is 1. The van der Waals surface area contributed by atoms with Gasteiger partial charge in [0, 0.05) is 23.9 Å². The number of alkyl halides is 3. The van der Waals surface area contributed by atoms with Crippen LogP contribution in [0.2, 0.25) is 0 Å². The van der Waals surface area contributed by atoms with E-state index in [1.807, 2.05) is 6.07 Å². The molecule has 0 saturated carbocycles. The van der Waals surface area contributed by atoms with Crippen molar-refractivity contribution in [3.8, 4) is 6.07 Å².